The summed E-state index contributed by atoms with van der Waals surface area (Å²) in [6.07, 6.45) is 3.99. The van der Waals surface area contributed by atoms with Gasteiger partial charge in [-0.05, 0) is 57.0 Å². The van der Waals surface area contributed by atoms with Crippen LogP contribution >= 0.6 is 11.6 Å². The van der Waals surface area contributed by atoms with Gasteiger partial charge < -0.3 is 5.73 Å². The minimum atomic E-state index is 0.112. The number of likely N-dealkylation sites (tertiary alicyclic amines) is 2. The largest absolute Gasteiger partial charge is 0.326 e. The van der Waals surface area contributed by atoms with Gasteiger partial charge in [0.15, 0.2) is 0 Å². The third kappa shape index (κ3) is 3.42. The molecule has 2 aliphatic rings. The van der Waals surface area contributed by atoms with Gasteiger partial charge in [-0.2, -0.15) is 0 Å². The van der Waals surface area contributed by atoms with Crippen molar-refractivity contribution in [3.8, 4) is 0 Å². The van der Waals surface area contributed by atoms with Gasteiger partial charge in [0.05, 0.1) is 0 Å². The first-order valence-electron chi connectivity index (χ1n) is 8.14. The Morgan fingerprint density at radius 1 is 1.24 bits per heavy atom. The molecule has 4 heteroatoms. The fraction of sp³-hybridized carbons (Fsp3) is 0.647. The van der Waals surface area contributed by atoms with Crippen LogP contribution in [0.1, 0.15) is 37.8 Å². The van der Waals surface area contributed by atoms with Crippen LogP contribution in [0.2, 0.25) is 5.02 Å². The number of hydrogen-bond acceptors (Lipinski definition) is 3. The van der Waals surface area contributed by atoms with Crippen molar-refractivity contribution in [2.75, 3.05) is 26.2 Å². The summed E-state index contributed by atoms with van der Waals surface area (Å²) in [5.74, 6) is 0. The SMILES string of the molecule is CC(N)C(c1cccc(Cl)c1)N1CCC(N2CCCC2)C1. The van der Waals surface area contributed by atoms with E-state index in [0.29, 0.717) is 6.04 Å². The lowest BCUT2D eigenvalue weighted by Gasteiger charge is -2.32. The summed E-state index contributed by atoms with van der Waals surface area (Å²) in [4.78, 5) is 5.22. The Labute approximate surface area is 133 Å². The van der Waals surface area contributed by atoms with Crippen LogP contribution in [0.5, 0.6) is 0 Å². The topological polar surface area (TPSA) is 32.5 Å². The first-order chi connectivity index (χ1) is 10.1. The quantitative estimate of drug-likeness (QED) is 0.928. The molecule has 3 nitrogen and oxygen atoms in total. The maximum Gasteiger partial charge on any atom is 0.0497 e. The summed E-state index contributed by atoms with van der Waals surface area (Å²) in [5, 5.41) is 0.799. The van der Waals surface area contributed by atoms with Gasteiger partial charge >= 0.3 is 0 Å². The van der Waals surface area contributed by atoms with Gasteiger partial charge in [0.25, 0.3) is 0 Å². The highest BCUT2D eigenvalue weighted by Crippen LogP contribution is 2.31. The zero-order chi connectivity index (χ0) is 14.8. The number of halogens is 1. The molecule has 0 bridgehead atoms. The van der Waals surface area contributed by atoms with Gasteiger partial charge in [-0.3, -0.25) is 9.80 Å². The second kappa shape index (κ2) is 6.66. The lowest BCUT2D eigenvalue weighted by Crippen LogP contribution is -2.41. The number of hydrogen-bond donors (Lipinski definition) is 1. The summed E-state index contributed by atoms with van der Waals surface area (Å²) in [6, 6.07) is 9.29. The van der Waals surface area contributed by atoms with E-state index >= 15 is 0 Å². The summed E-state index contributed by atoms with van der Waals surface area (Å²) in [6.45, 7) is 6.93. The Hall–Kier alpha value is -0.610. The van der Waals surface area contributed by atoms with Gasteiger partial charge in [-0.1, -0.05) is 23.7 Å². The van der Waals surface area contributed by atoms with Crippen molar-refractivity contribution in [3.05, 3.63) is 34.9 Å². The van der Waals surface area contributed by atoms with Gasteiger partial charge in [-0.25, -0.2) is 0 Å². The minimum Gasteiger partial charge on any atom is -0.326 e. The van der Waals surface area contributed by atoms with E-state index in [9.17, 15) is 0 Å². The van der Waals surface area contributed by atoms with Crippen molar-refractivity contribution in [2.45, 2.75) is 44.3 Å². The number of nitrogens with two attached hydrogens (primary N) is 1. The molecule has 2 heterocycles. The summed E-state index contributed by atoms with van der Waals surface area (Å²) in [7, 11) is 0. The Bertz CT molecular complexity index is 471. The van der Waals surface area contributed by atoms with E-state index in [1.807, 2.05) is 12.1 Å². The van der Waals surface area contributed by atoms with Crippen LogP contribution in [-0.4, -0.2) is 48.1 Å². The van der Waals surface area contributed by atoms with E-state index < -0.39 is 0 Å². The molecule has 3 unspecified atom stereocenters. The standard InChI is InChI=1S/C17H26ClN3/c1-13(19)17(14-5-4-6-15(18)11-14)21-10-7-16(12-21)20-8-2-3-9-20/h4-6,11,13,16-17H,2-3,7-10,12,19H2,1H3. The first kappa shape index (κ1) is 15.3. The Morgan fingerprint density at radius 3 is 2.67 bits per heavy atom. The van der Waals surface area contributed by atoms with Crippen molar-refractivity contribution in [1.29, 1.82) is 0 Å². The molecule has 0 aromatic heterocycles. The predicted octanol–water partition coefficient (Wildman–Crippen LogP) is 2.90. The highest BCUT2D eigenvalue weighted by molar-refractivity contribution is 6.30. The molecule has 116 valence electrons. The van der Waals surface area contributed by atoms with Crippen LogP contribution in [-0.2, 0) is 0 Å². The van der Waals surface area contributed by atoms with Crippen LogP contribution in [0, 0.1) is 0 Å². The molecule has 3 rings (SSSR count). The van der Waals surface area contributed by atoms with E-state index in [-0.39, 0.29) is 12.1 Å². The van der Waals surface area contributed by atoms with Crippen LogP contribution in [0.3, 0.4) is 0 Å². The van der Waals surface area contributed by atoms with E-state index in [4.69, 9.17) is 17.3 Å². The Morgan fingerprint density at radius 2 is 2.00 bits per heavy atom. The zero-order valence-corrected chi connectivity index (χ0v) is 13.6. The molecule has 1 aromatic rings. The fourth-order valence-corrected chi connectivity index (χ4v) is 4.16. The van der Waals surface area contributed by atoms with Crippen molar-refractivity contribution in [3.63, 3.8) is 0 Å². The molecular formula is C17H26ClN3. The highest BCUT2D eigenvalue weighted by Gasteiger charge is 2.34. The Balaban J connectivity index is 1.73. The molecular weight excluding hydrogens is 282 g/mol. The molecule has 0 aliphatic carbocycles. The van der Waals surface area contributed by atoms with E-state index in [1.54, 1.807) is 0 Å². The average Bonchev–Trinajstić information content (AvgIpc) is 3.08. The number of rotatable bonds is 4. The molecule has 0 saturated carbocycles. The van der Waals surface area contributed by atoms with Crippen LogP contribution in [0.25, 0.3) is 0 Å². The molecule has 21 heavy (non-hydrogen) atoms. The lowest BCUT2D eigenvalue weighted by atomic mass is 9.99. The molecule has 2 aliphatic heterocycles. The van der Waals surface area contributed by atoms with E-state index in [2.05, 4.69) is 28.9 Å². The average molecular weight is 308 g/mol. The normalized spacial score (nSPS) is 27.1. The molecule has 0 radical (unpaired) electrons. The molecule has 0 amide bonds. The van der Waals surface area contributed by atoms with Gasteiger partial charge in [0.2, 0.25) is 0 Å². The summed E-state index contributed by atoms with van der Waals surface area (Å²) >= 11 is 6.17. The zero-order valence-electron chi connectivity index (χ0n) is 12.8. The maximum absolute atomic E-state index is 6.30. The summed E-state index contributed by atoms with van der Waals surface area (Å²) in [5.41, 5.74) is 7.55. The molecule has 2 fully saturated rings. The second-order valence-corrected chi connectivity index (χ2v) is 6.98. The molecule has 0 spiro atoms. The fourth-order valence-electron chi connectivity index (χ4n) is 3.96. The monoisotopic (exact) mass is 307 g/mol. The molecule has 2 saturated heterocycles. The number of nitrogens with zero attached hydrogens (tertiary/aromatic N) is 2. The van der Waals surface area contributed by atoms with Crippen LogP contribution in [0.4, 0.5) is 0 Å². The minimum absolute atomic E-state index is 0.112. The third-order valence-corrected chi connectivity index (χ3v) is 5.17. The van der Waals surface area contributed by atoms with Crippen molar-refractivity contribution in [1.82, 2.24) is 9.80 Å². The first-order valence-corrected chi connectivity index (χ1v) is 8.52. The third-order valence-electron chi connectivity index (χ3n) is 4.93. The van der Waals surface area contributed by atoms with Crippen LogP contribution < -0.4 is 5.73 Å². The van der Waals surface area contributed by atoms with Crippen molar-refractivity contribution in [2.24, 2.45) is 5.73 Å². The lowest BCUT2D eigenvalue weighted by molar-refractivity contribution is 0.185. The predicted molar refractivity (Wildman–Crippen MR) is 88.6 cm³/mol. The van der Waals surface area contributed by atoms with E-state index in [1.165, 1.54) is 37.9 Å². The number of benzene rings is 1. The Kier molecular flexibility index (Phi) is 4.85. The van der Waals surface area contributed by atoms with Crippen LogP contribution in [0.15, 0.2) is 24.3 Å². The maximum atomic E-state index is 6.30. The smallest absolute Gasteiger partial charge is 0.0497 e. The second-order valence-electron chi connectivity index (χ2n) is 6.54. The molecule has 2 N–H and O–H groups in total. The summed E-state index contributed by atoms with van der Waals surface area (Å²) < 4.78 is 0. The van der Waals surface area contributed by atoms with Crippen molar-refractivity contribution < 1.29 is 0 Å². The molecule has 1 aromatic carbocycles. The van der Waals surface area contributed by atoms with Crippen molar-refractivity contribution >= 4 is 11.6 Å². The van der Waals surface area contributed by atoms with E-state index in [0.717, 1.165) is 18.1 Å². The molecule has 3 atom stereocenters. The van der Waals surface area contributed by atoms with Gasteiger partial charge in [0, 0.05) is 36.2 Å². The highest BCUT2D eigenvalue weighted by atomic mass is 35.5. The van der Waals surface area contributed by atoms with Gasteiger partial charge in [-0.15, -0.1) is 0 Å². The van der Waals surface area contributed by atoms with Gasteiger partial charge in [0.1, 0.15) is 0 Å².